The van der Waals surface area contributed by atoms with Gasteiger partial charge in [0.1, 0.15) is 0 Å². The number of ether oxygens (including phenoxy) is 3. The summed E-state index contributed by atoms with van der Waals surface area (Å²) in [5.41, 5.74) is 5.27. The van der Waals surface area contributed by atoms with Crippen LogP contribution in [-0.2, 0) is 14.2 Å². The van der Waals surface area contributed by atoms with Crippen molar-refractivity contribution < 1.29 is 24.1 Å². The monoisotopic (exact) mass is 276 g/mol. The van der Waals surface area contributed by atoms with Crippen LogP contribution in [0.15, 0.2) is 0 Å². The van der Waals surface area contributed by atoms with Crippen molar-refractivity contribution in [1.29, 1.82) is 0 Å². The minimum Gasteiger partial charge on any atom is -0.465 e. The van der Waals surface area contributed by atoms with Gasteiger partial charge in [0.15, 0.2) is 0 Å². The minimum atomic E-state index is -0.949. The molecule has 0 unspecified atom stereocenters. The van der Waals surface area contributed by atoms with Crippen LogP contribution in [-0.4, -0.2) is 63.4 Å². The van der Waals surface area contributed by atoms with Crippen molar-refractivity contribution >= 4 is 6.09 Å². The van der Waals surface area contributed by atoms with Gasteiger partial charge in [-0.1, -0.05) is 0 Å². The molecule has 1 amide bonds. The molecular formula is C12H24N2O5. The van der Waals surface area contributed by atoms with Crippen LogP contribution in [0.1, 0.15) is 12.8 Å². The zero-order chi connectivity index (χ0) is 13.9. The first-order valence-electron chi connectivity index (χ1n) is 6.65. The lowest BCUT2D eigenvalue weighted by Crippen LogP contribution is -2.45. The van der Waals surface area contributed by atoms with Gasteiger partial charge in [-0.3, -0.25) is 0 Å². The first kappa shape index (κ1) is 16.2. The van der Waals surface area contributed by atoms with Crippen LogP contribution in [0.2, 0.25) is 0 Å². The van der Waals surface area contributed by atoms with E-state index in [9.17, 15) is 4.79 Å². The Kier molecular flexibility index (Phi) is 8.48. The van der Waals surface area contributed by atoms with E-state index in [1.165, 1.54) is 0 Å². The number of amides is 1. The molecule has 0 aromatic carbocycles. The maximum atomic E-state index is 10.4. The highest BCUT2D eigenvalue weighted by molar-refractivity contribution is 5.64. The van der Waals surface area contributed by atoms with Crippen LogP contribution in [0.25, 0.3) is 0 Å². The van der Waals surface area contributed by atoms with E-state index in [2.05, 4.69) is 5.32 Å². The summed E-state index contributed by atoms with van der Waals surface area (Å²) >= 11 is 0. The molecule has 1 aliphatic carbocycles. The van der Waals surface area contributed by atoms with Crippen LogP contribution in [0.3, 0.4) is 0 Å². The van der Waals surface area contributed by atoms with Gasteiger partial charge in [-0.05, 0) is 18.8 Å². The second-order valence-corrected chi connectivity index (χ2v) is 4.57. The molecule has 0 radical (unpaired) electrons. The summed E-state index contributed by atoms with van der Waals surface area (Å²) < 4.78 is 15.9. The SMILES string of the molecule is NCCOCCOCCOCC1CC(NC(=O)O)C1. The lowest BCUT2D eigenvalue weighted by atomic mass is 9.81. The van der Waals surface area contributed by atoms with E-state index in [1.54, 1.807) is 0 Å². The number of hydrogen-bond acceptors (Lipinski definition) is 5. The first-order valence-corrected chi connectivity index (χ1v) is 6.65. The summed E-state index contributed by atoms with van der Waals surface area (Å²) in [5.74, 6) is 0.463. The van der Waals surface area contributed by atoms with E-state index in [-0.39, 0.29) is 6.04 Å². The van der Waals surface area contributed by atoms with Gasteiger partial charge in [0.2, 0.25) is 0 Å². The number of carboxylic acid groups (broad SMARTS) is 1. The maximum Gasteiger partial charge on any atom is 0.404 e. The molecule has 7 heteroatoms. The summed E-state index contributed by atoms with van der Waals surface area (Å²) in [4.78, 5) is 10.4. The second-order valence-electron chi connectivity index (χ2n) is 4.57. The third kappa shape index (κ3) is 7.99. The molecule has 0 atom stereocenters. The van der Waals surface area contributed by atoms with Crippen molar-refractivity contribution in [2.24, 2.45) is 11.7 Å². The summed E-state index contributed by atoms with van der Waals surface area (Å²) in [6.07, 6.45) is 0.773. The topological polar surface area (TPSA) is 103 Å². The molecule has 7 nitrogen and oxygen atoms in total. The van der Waals surface area contributed by atoms with Gasteiger partial charge < -0.3 is 30.4 Å². The molecule has 1 fully saturated rings. The average Bonchev–Trinajstić information content (AvgIpc) is 2.32. The number of hydrogen-bond donors (Lipinski definition) is 3. The van der Waals surface area contributed by atoms with E-state index >= 15 is 0 Å². The van der Waals surface area contributed by atoms with E-state index < -0.39 is 6.09 Å². The third-order valence-corrected chi connectivity index (χ3v) is 2.92. The molecule has 1 rings (SSSR count). The molecule has 1 aliphatic rings. The fraction of sp³-hybridized carbons (Fsp3) is 0.917. The molecule has 0 bridgehead atoms. The zero-order valence-electron chi connectivity index (χ0n) is 11.2. The number of nitrogens with two attached hydrogens (primary N) is 1. The third-order valence-electron chi connectivity index (χ3n) is 2.92. The molecule has 1 saturated carbocycles. The highest BCUT2D eigenvalue weighted by Crippen LogP contribution is 2.27. The van der Waals surface area contributed by atoms with Gasteiger partial charge in [-0.25, -0.2) is 4.79 Å². The standard InChI is InChI=1S/C12H24N2O5/c13-1-2-17-3-4-18-5-6-19-9-10-7-11(8-10)14-12(15)16/h10-11,14H,1-9,13H2,(H,15,16). The first-order chi connectivity index (χ1) is 9.22. The summed E-state index contributed by atoms with van der Waals surface area (Å²) in [7, 11) is 0. The Hall–Kier alpha value is -0.890. The maximum absolute atomic E-state index is 10.4. The van der Waals surface area contributed by atoms with Crippen molar-refractivity contribution in [2.75, 3.05) is 46.2 Å². The van der Waals surface area contributed by atoms with Crippen molar-refractivity contribution in [2.45, 2.75) is 18.9 Å². The van der Waals surface area contributed by atoms with E-state index in [0.29, 0.717) is 52.1 Å². The molecule has 4 N–H and O–H groups in total. The fourth-order valence-electron chi connectivity index (χ4n) is 1.94. The predicted molar refractivity (Wildman–Crippen MR) is 69.2 cm³/mol. The zero-order valence-corrected chi connectivity index (χ0v) is 11.2. The van der Waals surface area contributed by atoms with E-state index in [1.807, 2.05) is 0 Å². The Balaban J connectivity index is 1.76. The highest BCUT2D eigenvalue weighted by atomic mass is 16.5. The lowest BCUT2D eigenvalue weighted by molar-refractivity contribution is -0.00265. The van der Waals surface area contributed by atoms with Crippen LogP contribution < -0.4 is 11.1 Å². The molecule has 0 aromatic rings. The normalized spacial score (nSPS) is 21.9. The van der Waals surface area contributed by atoms with E-state index in [0.717, 1.165) is 12.8 Å². The molecule has 0 spiro atoms. The van der Waals surface area contributed by atoms with Crippen molar-refractivity contribution in [3.05, 3.63) is 0 Å². The predicted octanol–water partition coefficient (Wildman–Crippen LogP) is 0.0411. The Bertz CT molecular complexity index is 246. The second kappa shape index (κ2) is 9.96. The van der Waals surface area contributed by atoms with Gasteiger partial charge in [-0.2, -0.15) is 0 Å². The van der Waals surface area contributed by atoms with Gasteiger partial charge in [0.25, 0.3) is 0 Å². The van der Waals surface area contributed by atoms with Gasteiger partial charge in [0.05, 0.1) is 33.0 Å². The number of nitrogens with one attached hydrogen (secondary N) is 1. The van der Waals surface area contributed by atoms with Crippen molar-refractivity contribution in [3.63, 3.8) is 0 Å². The molecule has 19 heavy (non-hydrogen) atoms. The molecule has 0 saturated heterocycles. The van der Waals surface area contributed by atoms with Crippen LogP contribution in [0.5, 0.6) is 0 Å². The minimum absolute atomic E-state index is 0.0991. The lowest BCUT2D eigenvalue weighted by Gasteiger charge is -2.34. The average molecular weight is 276 g/mol. The smallest absolute Gasteiger partial charge is 0.404 e. The quantitative estimate of drug-likeness (QED) is 0.460. The Labute approximate surface area is 113 Å². The molecule has 112 valence electrons. The van der Waals surface area contributed by atoms with Crippen molar-refractivity contribution in [3.8, 4) is 0 Å². The van der Waals surface area contributed by atoms with Crippen molar-refractivity contribution in [1.82, 2.24) is 5.32 Å². The summed E-state index contributed by atoms with van der Waals surface area (Å²) in [6, 6.07) is 0.0991. The van der Waals surface area contributed by atoms with E-state index in [4.69, 9.17) is 25.1 Å². The molecule has 0 aliphatic heterocycles. The molecular weight excluding hydrogens is 252 g/mol. The Morgan fingerprint density at radius 3 is 2.26 bits per heavy atom. The highest BCUT2D eigenvalue weighted by Gasteiger charge is 2.30. The van der Waals surface area contributed by atoms with Gasteiger partial charge in [-0.15, -0.1) is 0 Å². The molecule has 0 aromatic heterocycles. The molecule has 0 heterocycles. The number of carbonyl (C=O) groups is 1. The number of rotatable bonds is 11. The fourth-order valence-corrected chi connectivity index (χ4v) is 1.94. The van der Waals surface area contributed by atoms with Crippen LogP contribution in [0.4, 0.5) is 4.79 Å². The largest absolute Gasteiger partial charge is 0.465 e. The van der Waals surface area contributed by atoms with Gasteiger partial charge in [0, 0.05) is 19.2 Å². The summed E-state index contributed by atoms with van der Waals surface area (Å²) in [5, 5.41) is 11.0. The Morgan fingerprint density at radius 2 is 1.68 bits per heavy atom. The Morgan fingerprint density at radius 1 is 1.11 bits per heavy atom. The van der Waals surface area contributed by atoms with Gasteiger partial charge >= 0.3 is 6.09 Å². The van der Waals surface area contributed by atoms with Crippen LogP contribution >= 0.6 is 0 Å². The van der Waals surface area contributed by atoms with Crippen LogP contribution in [0, 0.1) is 5.92 Å². The summed E-state index contributed by atoms with van der Waals surface area (Å²) in [6.45, 7) is 3.99.